The Balaban J connectivity index is 1.58. The van der Waals surface area contributed by atoms with Gasteiger partial charge in [-0.3, -0.25) is 4.98 Å². The molecule has 0 aliphatic heterocycles. The molecule has 0 aliphatic carbocycles. The van der Waals surface area contributed by atoms with Crippen LogP contribution in [0.4, 0.5) is 5.13 Å². The molecular formula is C17H14N4S2. The van der Waals surface area contributed by atoms with Gasteiger partial charge in [0.25, 0.3) is 0 Å². The molecule has 0 fully saturated rings. The second-order valence-corrected chi connectivity index (χ2v) is 7.09. The van der Waals surface area contributed by atoms with E-state index in [1.807, 2.05) is 18.2 Å². The monoisotopic (exact) mass is 338 g/mol. The third-order valence-corrected chi connectivity index (χ3v) is 5.67. The Morgan fingerprint density at radius 2 is 1.91 bits per heavy atom. The summed E-state index contributed by atoms with van der Waals surface area (Å²) in [5, 5.41) is 13.9. The predicted octanol–water partition coefficient (Wildman–Crippen LogP) is 4.45. The fraction of sp³-hybridized carbons (Fsp3) is 0.118. The van der Waals surface area contributed by atoms with Crippen LogP contribution in [0, 0.1) is 0 Å². The standard InChI is InChI=1S/C17H14N4S2/c1-21(10-12-11-22-15-8-3-2-6-13(12)15)17-20-19-16(23-17)14-7-4-5-9-18-14/h2-9,11H,10H2,1H3. The lowest BCUT2D eigenvalue weighted by Crippen LogP contribution is -2.15. The molecule has 3 heterocycles. The lowest BCUT2D eigenvalue weighted by atomic mass is 10.2. The Morgan fingerprint density at radius 1 is 1.04 bits per heavy atom. The summed E-state index contributed by atoms with van der Waals surface area (Å²) in [6, 6.07) is 14.3. The maximum absolute atomic E-state index is 4.33. The van der Waals surface area contributed by atoms with E-state index in [0.29, 0.717) is 0 Å². The zero-order valence-electron chi connectivity index (χ0n) is 12.5. The van der Waals surface area contributed by atoms with Gasteiger partial charge in [0.15, 0.2) is 5.01 Å². The molecule has 0 radical (unpaired) electrons. The summed E-state index contributed by atoms with van der Waals surface area (Å²) in [5.41, 5.74) is 2.19. The van der Waals surface area contributed by atoms with Gasteiger partial charge in [-0.15, -0.1) is 21.5 Å². The van der Waals surface area contributed by atoms with E-state index in [9.17, 15) is 0 Å². The molecule has 114 valence electrons. The van der Waals surface area contributed by atoms with Gasteiger partial charge in [0.05, 0.1) is 0 Å². The van der Waals surface area contributed by atoms with Crippen molar-refractivity contribution in [3.05, 3.63) is 59.6 Å². The van der Waals surface area contributed by atoms with Gasteiger partial charge in [0.2, 0.25) is 5.13 Å². The highest BCUT2D eigenvalue weighted by molar-refractivity contribution is 7.18. The van der Waals surface area contributed by atoms with Crippen LogP contribution in [0.1, 0.15) is 5.56 Å². The van der Waals surface area contributed by atoms with Crippen molar-refractivity contribution in [2.75, 3.05) is 11.9 Å². The summed E-state index contributed by atoms with van der Waals surface area (Å²) in [5.74, 6) is 0. The maximum atomic E-state index is 4.33. The first-order valence-corrected chi connectivity index (χ1v) is 8.92. The van der Waals surface area contributed by atoms with E-state index in [2.05, 4.69) is 56.8 Å². The number of anilines is 1. The number of fused-ring (bicyclic) bond motifs is 1. The molecule has 0 bridgehead atoms. The molecule has 0 saturated carbocycles. The Morgan fingerprint density at radius 3 is 2.78 bits per heavy atom. The molecule has 23 heavy (non-hydrogen) atoms. The SMILES string of the molecule is CN(Cc1csc2ccccc12)c1nnc(-c2ccccn2)s1. The van der Waals surface area contributed by atoms with Crippen molar-refractivity contribution in [2.24, 2.45) is 0 Å². The minimum Gasteiger partial charge on any atom is -0.345 e. The highest BCUT2D eigenvalue weighted by atomic mass is 32.1. The summed E-state index contributed by atoms with van der Waals surface area (Å²) >= 11 is 3.35. The summed E-state index contributed by atoms with van der Waals surface area (Å²) in [6.45, 7) is 0.820. The largest absolute Gasteiger partial charge is 0.345 e. The van der Waals surface area contributed by atoms with Gasteiger partial charge in [0.1, 0.15) is 5.69 Å². The van der Waals surface area contributed by atoms with Crippen molar-refractivity contribution < 1.29 is 0 Å². The molecule has 0 aliphatic rings. The van der Waals surface area contributed by atoms with Crippen LogP contribution in [0.15, 0.2) is 54.0 Å². The van der Waals surface area contributed by atoms with Gasteiger partial charge in [-0.25, -0.2) is 0 Å². The zero-order chi connectivity index (χ0) is 15.6. The first-order valence-electron chi connectivity index (χ1n) is 7.22. The highest BCUT2D eigenvalue weighted by Crippen LogP contribution is 2.30. The Hall–Kier alpha value is -2.31. The summed E-state index contributed by atoms with van der Waals surface area (Å²) in [4.78, 5) is 6.47. The number of nitrogens with zero attached hydrogens (tertiary/aromatic N) is 4. The molecule has 0 spiro atoms. The average Bonchev–Trinajstić information content (AvgIpc) is 3.24. The van der Waals surface area contributed by atoms with E-state index in [1.165, 1.54) is 15.6 Å². The molecule has 4 nitrogen and oxygen atoms in total. The van der Waals surface area contributed by atoms with Gasteiger partial charge in [-0.1, -0.05) is 35.6 Å². The number of hydrogen-bond acceptors (Lipinski definition) is 6. The maximum Gasteiger partial charge on any atom is 0.208 e. The van der Waals surface area contributed by atoms with Crippen LogP contribution in [-0.2, 0) is 6.54 Å². The molecule has 0 amide bonds. The van der Waals surface area contributed by atoms with Crippen LogP contribution < -0.4 is 4.90 Å². The average molecular weight is 338 g/mol. The minimum absolute atomic E-state index is 0.820. The number of rotatable bonds is 4. The van der Waals surface area contributed by atoms with Crippen molar-refractivity contribution in [2.45, 2.75) is 6.54 Å². The second kappa shape index (κ2) is 6.06. The van der Waals surface area contributed by atoms with E-state index in [-0.39, 0.29) is 0 Å². The third-order valence-electron chi connectivity index (χ3n) is 3.59. The van der Waals surface area contributed by atoms with Gasteiger partial charge < -0.3 is 4.90 Å². The van der Waals surface area contributed by atoms with Gasteiger partial charge in [0, 0.05) is 24.5 Å². The smallest absolute Gasteiger partial charge is 0.208 e. The molecule has 4 aromatic rings. The predicted molar refractivity (Wildman–Crippen MR) is 97.1 cm³/mol. The molecule has 4 rings (SSSR count). The van der Waals surface area contributed by atoms with Crippen LogP contribution in [-0.4, -0.2) is 22.2 Å². The zero-order valence-corrected chi connectivity index (χ0v) is 14.1. The van der Waals surface area contributed by atoms with Gasteiger partial charge in [-0.05, 0) is 34.5 Å². The highest BCUT2D eigenvalue weighted by Gasteiger charge is 2.13. The van der Waals surface area contributed by atoms with Gasteiger partial charge in [-0.2, -0.15) is 0 Å². The molecule has 0 saturated heterocycles. The van der Waals surface area contributed by atoms with Crippen LogP contribution in [0.25, 0.3) is 20.8 Å². The number of benzene rings is 1. The fourth-order valence-corrected chi connectivity index (χ4v) is 4.18. The van der Waals surface area contributed by atoms with Crippen LogP contribution >= 0.6 is 22.7 Å². The number of thiophene rings is 1. The molecule has 6 heteroatoms. The van der Waals surface area contributed by atoms with E-state index in [4.69, 9.17) is 0 Å². The van der Waals surface area contributed by atoms with E-state index >= 15 is 0 Å². The molecule has 3 aromatic heterocycles. The summed E-state index contributed by atoms with van der Waals surface area (Å²) in [7, 11) is 2.05. The Labute approximate surface area is 142 Å². The Kier molecular flexibility index (Phi) is 3.77. The number of pyridine rings is 1. The van der Waals surface area contributed by atoms with Crippen LogP contribution in [0.3, 0.4) is 0 Å². The first-order chi connectivity index (χ1) is 11.3. The van der Waals surface area contributed by atoms with Crippen molar-refractivity contribution in [3.8, 4) is 10.7 Å². The van der Waals surface area contributed by atoms with E-state index < -0.39 is 0 Å². The van der Waals surface area contributed by atoms with Crippen molar-refractivity contribution in [1.29, 1.82) is 0 Å². The first kappa shape index (κ1) is 14.3. The quantitative estimate of drug-likeness (QED) is 0.551. The van der Waals surface area contributed by atoms with Crippen molar-refractivity contribution in [1.82, 2.24) is 15.2 Å². The topological polar surface area (TPSA) is 41.9 Å². The fourth-order valence-electron chi connectivity index (χ4n) is 2.44. The van der Waals surface area contributed by atoms with Crippen LogP contribution in [0.5, 0.6) is 0 Å². The number of hydrogen-bond donors (Lipinski definition) is 0. The van der Waals surface area contributed by atoms with E-state index in [1.54, 1.807) is 28.9 Å². The minimum atomic E-state index is 0.820. The normalized spacial score (nSPS) is 11.0. The van der Waals surface area contributed by atoms with Crippen molar-refractivity contribution >= 4 is 37.9 Å². The molecule has 1 aromatic carbocycles. The number of aromatic nitrogens is 3. The summed E-state index contributed by atoms with van der Waals surface area (Å²) < 4.78 is 1.32. The lowest BCUT2D eigenvalue weighted by molar-refractivity contribution is 0.902. The lowest BCUT2D eigenvalue weighted by Gasteiger charge is -2.14. The van der Waals surface area contributed by atoms with Gasteiger partial charge >= 0.3 is 0 Å². The van der Waals surface area contributed by atoms with E-state index in [0.717, 1.165) is 22.4 Å². The Bertz CT molecular complexity index is 930. The molecule has 0 atom stereocenters. The van der Waals surface area contributed by atoms with Crippen molar-refractivity contribution in [3.63, 3.8) is 0 Å². The molecular weight excluding hydrogens is 324 g/mol. The second-order valence-electron chi connectivity index (χ2n) is 5.22. The third kappa shape index (κ3) is 2.83. The molecule has 0 unspecified atom stereocenters. The molecule has 0 N–H and O–H groups in total. The summed E-state index contributed by atoms with van der Waals surface area (Å²) in [6.07, 6.45) is 1.78. The van der Waals surface area contributed by atoms with Crippen LogP contribution in [0.2, 0.25) is 0 Å².